The summed E-state index contributed by atoms with van der Waals surface area (Å²) in [5.41, 5.74) is 0. The highest BCUT2D eigenvalue weighted by Crippen LogP contribution is 1.96. The maximum absolute atomic E-state index is 8.50. The molecule has 0 aromatic carbocycles. The average Bonchev–Trinajstić information content (AvgIpc) is 2.52. The van der Waals surface area contributed by atoms with E-state index in [-0.39, 0.29) is 5.82 Å². The first kappa shape index (κ1) is 9.68. The molecule has 1 aromatic heterocycles. The highest BCUT2D eigenvalue weighted by Gasteiger charge is 2.06. The van der Waals surface area contributed by atoms with Gasteiger partial charge in [-0.25, -0.2) is 4.98 Å². The van der Waals surface area contributed by atoms with E-state index in [2.05, 4.69) is 21.9 Å². The Kier molecular flexibility index (Phi) is 2.98. The van der Waals surface area contributed by atoms with Crippen molar-refractivity contribution in [1.29, 1.82) is 5.26 Å². The Bertz CT molecular complexity index is 309. The second-order valence-corrected chi connectivity index (χ2v) is 3.21. The summed E-state index contributed by atoms with van der Waals surface area (Å²) >= 11 is 0. The average molecular weight is 179 g/mol. The van der Waals surface area contributed by atoms with Gasteiger partial charge in [-0.3, -0.25) is 4.68 Å². The van der Waals surface area contributed by atoms with Gasteiger partial charge in [0.15, 0.2) is 0 Å². The van der Waals surface area contributed by atoms with E-state index in [0.717, 1.165) is 6.54 Å². The van der Waals surface area contributed by atoms with Crippen LogP contribution in [0.1, 0.15) is 12.7 Å². The van der Waals surface area contributed by atoms with Gasteiger partial charge < -0.3 is 4.90 Å². The molecule has 0 aliphatic carbocycles. The molecule has 0 bridgehead atoms. The van der Waals surface area contributed by atoms with Gasteiger partial charge in [-0.15, -0.1) is 5.10 Å². The first-order valence-electron chi connectivity index (χ1n) is 4.09. The van der Waals surface area contributed by atoms with Gasteiger partial charge in [-0.05, 0) is 21.0 Å². The molecule has 1 unspecified atom stereocenters. The van der Waals surface area contributed by atoms with Gasteiger partial charge in [0.25, 0.3) is 5.82 Å². The minimum Gasteiger partial charge on any atom is -0.305 e. The molecule has 0 fully saturated rings. The molecule has 0 spiro atoms. The molecule has 5 nitrogen and oxygen atoms in total. The minimum atomic E-state index is 0.228. The predicted octanol–water partition coefficient (Wildman–Crippen LogP) is 0.0999. The highest BCUT2D eigenvalue weighted by atomic mass is 15.3. The van der Waals surface area contributed by atoms with Crippen molar-refractivity contribution in [3.63, 3.8) is 0 Å². The van der Waals surface area contributed by atoms with Crippen LogP contribution in [0.2, 0.25) is 0 Å². The molecule has 1 aromatic rings. The van der Waals surface area contributed by atoms with E-state index in [1.807, 2.05) is 20.2 Å². The largest absolute Gasteiger partial charge is 0.305 e. The van der Waals surface area contributed by atoms with Crippen molar-refractivity contribution >= 4 is 0 Å². The molecule has 0 saturated heterocycles. The van der Waals surface area contributed by atoms with Crippen LogP contribution in [-0.4, -0.2) is 39.8 Å². The Hall–Kier alpha value is -1.41. The molecular formula is C8H13N5. The van der Waals surface area contributed by atoms with Crippen LogP contribution < -0.4 is 0 Å². The third kappa shape index (κ3) is 2.53. The third-order valence-electron chi connectivity index (χ3n) is 1.97. The van der Waals surface area contributed by atoms with Crippen molar-refractivity contribution in [2.45, 2.75) is 19.5 Å². The molecule has 1 rings (SSSR count). The molecule has 0 saturated carbocycles. The SMILES string of the molecule is CC(Cn1cnc(C#N)n1)N(C)C. The van der Waals surface area contributed by atoms with E-state index < -0.39 is 0 Å². The summed E-state index contributed by atoms with van der Waals surface area (Å²) in [7, 11) is 4.01. The molecule has 0 aliphatic rings. The van der Waals surface area contributed by atoms with E-state index in [0.29, 0.717) is 6.04 Å². The number of hydrogen-bond acceptors (Lipinski definition) is 4. The van der Waals surface area contributed by atoms with E-state index in [1.54, 1.807) is 11.0 Å². The Morgan fingerprint density at radius 1 is 1.69 bits per heavy atom. The number of nitriles is 1. The van der Waals surface area contributed by atoms with Crippen LogP contribution in [0.3, 0.4) is 0 Å². The Morgan fingerprint density at radius 3 is 2.85 bits per heavy atom. The lowest BCUT2D eigenvalue weighted by Crippen LogP contribution is -2.29. The lowest BCUT2D eigenvalue weighted by atomic mass is 10.3. The minimum absolute atomic E-state index is 0.228. The van der Waals surface area contributed by atoms with E-state index in [9.17, 15) is 0 Å². The monoisotopic (exact) mass is 179 g/mol. The van der Waals surface area contributed by atoms with Gasteiger partial charge in [0, 0.05) is 6.04 Å². The van der Waals surface area contributed by atoms with Crippen molar-refractivity contribution < 1.29 is 0 Å². The number of nitrogens with zero attached hydrogens (tertiary/aromatic N) is 5. The zero-order chi connectivity index (χ0) is 9.84. The standard InChI is InChI=1S/C8H13N5/c1-7(12(2)3)5-13-6-10-8(4-9)11-13/h6-7H,5H2,1-3H3. The summed E-state index contributed by atoms with van der Waals surface area (Å²) < 4.78 is 1.68. The second-order valence-electron chi connectivity index (χ2n) is 3.21. The van der Waals surface area contributed by atoms with E-state index >= 15 is 0 Å². The summed E-state index contributed by atoms with van der Waals surface area (Å²) in [6, 6.07) is 2.28. The van der Waals surface area contributed by atoms with Crippen molar-refractivity contribution in [1.82, 2.24) is 19.7 Å². The van der Waals surface area contributed by atoms with Crippen LogP contribution in [0, 0.1) is 11.3 Å². The molecule has 5 heteroatoms. The molecule has 1 heterocycles. The Balaban J connectivity index is 2.60. The number of aromatic nitrogens is 3. The number of rotatable bonds is 3. The van der Waals surface area contributed by atoms with Crippen LogP contribution >= 0.6 is 0 Å². The van der Waals surface area contributed by atoms with Gasteiger partial charge in [-0.1, -0.05) is 0 Å². The lowest BCUT2D eigenvalue weighted by molar-refractivity contribution is 0.275. The van der Waals surface area contributed by atoms with Gasteiger partial charge in [-0.2, -0.15) is 5.26 Å². The van der Waals surface area contributed by atoms with Crippen molar-refractivity contribution in [2.75, 3.05) is 14.1 Å². The van der Waals surface area contributed by atoms with Crippen molar-refractivity contribution in [3.05, 3.63) is 12.2 Å². The van der Waals surface area contributed by atoms with E-state index in [1.165, 1.54) is 0 Å². The van der Waals surface area contributed by atoms with Crippen LogP contribution in [0.4, 0.5) is 0 Å². The summed E-state index contributed by atoms with van der Waals surface area (Å²) in [5.74, 6) is 0.228. The first-order chi connectivity index (χ1) is 6.13. The second kappa shape index (κ2) is 4.01. The molecule has 70 valence electrons. The molecular weight excluding hydrogens is 166 g/mol. The third-order valence-corrected chi connectivity index (χ3v) is 1.97. The summed E-state index contributed by atoms with van der Waals surface area (Å²) in [6.07, 6.45) is 1.58. The van der Waals surface area contributed by atoms with Gasteiger partial charge in [0.2, 0.25) is 0 Å². The number of likely N-dealkylation sites (N-methyl/N-ethyl adjacent to an activating group) is 1. The molecule has 1 atom stereocenters. The maximum Gasteiger partial charge on any atom is 0.252 e. The summed E-state index contributed by atoms with van der Waals surface area (Å²) in [6.45, 7) is 2.84. The fraction of sp³-hybridized carbons (Fsp3) is 0.625. The van der Waals surface area contributed by atoms with Crippen molar-refractivity contribution in [2.24, 2.45) is 0 Å². The molecule has 0 amide bonds. The van der Waals surface area contributed by atoms with Crippen molar-refractivity contribution in [3.8, 4) is 6.07 Å². The molecule has 13 heavy (non-hydrogen) atoms. The number of hydrogen-bond donors (Lipinski definition) is 0. The van der Waals surface area contributed by atoms with Gasteiger partial charge in [0.05, 0.1) is 6.54 Å². The zero-order valence-corrected chi connectivity index (χ0v) is 8.10. The predicted molar refractivity (Wildman–Crippen MR) is 47.9 cm³/mol. The molecule has 0 N–H and O–H groups in total. The first-order valence-corrected chi connectivity index (χ1v) is 4.09. The van der Waals surface area contributed by atoms with Gasteiger partial charge >= 0.3 is 0 Å². The normalized spacial score (nSPS) is 12.8. The Labute approximate surface area is 77.6 Å². The smallest absolute Gasteiger partial charge is 0.252 e. The van der Waals surface area contributed by atoms with Crippen LogP contribution in [0.5, 0.6) is 0 Å². The summed E-state index contributed by atoms with van der Waals surface area (Å²) in [4.78, 5) is 5.91. The highest BCUT2D eigenvalue weighted by molar-refractivity contribution is 5.05. The van der Waals surface area contributed by atoms with Crippen LogP contribution in [0.25, 0.3) is 0 Å². The van der Waals surface area contributed by atoms with E-state index in [4.69, 9.17) is 5.26 Å². The topological polar surface area (TPSA) is 57.7 Å². The van der Waals surface area contributed by atoms with Crippen LogP contribution in [0.15, 0.2) is 6.33 Å². The molecule has 0 radical (unpaired) electrons. The zero-order valence-electron chi connectivity index (χ0n) is 8.10. The Morgan fingerprint density at radius 2 is 2.38 bits per heavy atom. The fourth-order valence-electron chi connectivity index (χ4n) is 0.868. The van der Waals surface area contributed by atoms with Crippen LogP contribution in [-0.2, 0) is 6.54 Å². The maximum atomic E-state index is 8.50. The quantitative estimate of drug-likeness (QED) is 0.660. The lowest BCUT2D eigenvalue weighted by Gasteiger charge is -2.18. The molecule has 0 aliphatic heterocycles. The fourth-order valence-corrected chi connectivity index (χ4v) is 0.868. The van der Waals surface area contributed by atoms with Gasteiger partial charge in [0.1, 0.15) is 12.4 Å². The summed E-state index contributed by atoms with van der Waals surface area (Å²) in [5, 5.41) is 12.5.